The second-order valence-electron chi connectivity index (χ2n) is 6.50. The third-order valence-electron chi connectivity index (χ3n) is 4.70. The number of halogens is 3. The van der Waals surface area contributed by atoms with Crippen molar-refractivity contribution in [2.45, 2.75) is 12.0 Å². The average Bonchev–Trinajstić information content (AvgIpc) is 3.05. The first kappa shape index (κ1) is 21.5. The second kappa shape index (κ2) is 9.41. The van der Waals surface area contributed by atoms with Gasteiger partial charge < -0.3 is 20.2 Å². The van der Waals surface area contributed by atoms with Gasteiger partial charge in [0.25, 0.3) is 0 Å². The molecule has 0 radical (unpaired) electrons. The van der Waals surface area contributed by atoms with Crippen molar-refractivity contribution < 1.29 is 13.9 Å². The molecule has 146 valence electrons. The average molecular weight is 498 g/mol. The van der Waals surface area contributed by atoms with E-state index in [0.29, 0.717) is 38.4 Å². The molecule has 1 atom stereocenters. The number of anilines is 1. The largest absolute Gasteiger partial charge is 0.387 e. The molecule has 1 aromatic carbocycles. The first-order valence-corrected chi connectivity index (χ1v) is 9.62. The van der Waals surface area contributed by atoms with Crippen molar-refractivity contribution in [1.82, 2.24) is 10.2 Å². The van der Waals surface area contributed by atoms with Crippen molar-refractivity contribution in [3.05, 3.63) is 29.8 Å². The summed E-state index contributed by atoms with van der Waals surface area (Å²) >= 11 is 1.76. The fourth-order valence-corrected chi connectivity index (χ4v) is 4.49. The van der Waals surface area contributed by atoms with Crippen LogP contribution in [-0.2, 0) is 0 Å². The predicted molar refractivity (Wildman–Crippen MR) is 114 cm³/mol. The quantitative estimate of drug-likeness (QED) is 0.380. The van der Waals surface area contributed by atoms with E-state index in [1.54, 1.807) is 18.8 Å². The molecule has 1 unspecified atom stereocenters. The summed E-state index contributed by atoms with van der Waals surface area (Å²) in [6.45, 7) is 2.96. The molecule has 26 heavy (non-hydrogen) atoms. The number of rotatable bonds is 3. The highest BCUT2D eigenvalue weighted by Gasteiger charge is 2.32. The molecule has 0 bridgehead atoms. The number of aliphatic hydroxyl groups is 1. The highest BCUT2D eigenvalue weighted by atomic mass is 127. The summed E-state index contributed by atoms with van der Waals surface area (Å²) in [6.07, 6.45) is 0.786. The molecular weight excluding hydrogens is 473 g/mol. The number of hydrogen-bond donors (Lipinski definition) is 2. The number of nitrogens with one attached hydrogen (secondary N) is 1. The Labute approximate surface area is 174 Å². The lowest BCUT2D eigenvalue weighted by Crippen LogP contribution is -2.55. The van der Waals surface area contributed by atoms with Crippen LogP contribution in [0.5, 0.6) is 0 Å². The molecule has 2 heterocycles. The van der Waals surface area contributed by atoms with Gasteiger partial charge in [0.2, 0.25) is 0 Å². The van der Waals surface area contributed by atoms with Crippen LogP contribution >= 0.6 is 35.7 Å². The number of guanidine groups is 1. The zero-order valence-electron chi connectivity index (χ0n) is 14.8. The van der Waals surface area contributed by atoms with Gasteiger partial charge in [0.1, 0.15) is 11.6 Å². The summed E-state index contributed by atoms with van der Waals surface area (Å²) < 4.78 is 27.3. The van der Waals surface area contributed by atoms with Crippen molar-refractivity contribution in [1.29, 1.82) is 0 Å². The lowest BCUT2D eigenvalue weighted by atomic mass is 10.0. The van der Waals surface area contributed by atoms with Crippen LogP contribution in [0.1, 0.15) is 6.42 Å². The van der Waals surface area contributed by atoms with Gasteiger partial charge in [0.15, 0.2) is 5.96 Å². The smallest absolute Gasteiger partial charge is 0.193 e. The van der Waals surface area contributed by atoms with Crippen LogP contribution in [0.3, 0.4) is 0 Å². The normalized spacial score (nSPS) is 23.8. The van der Waals surface area contributed by atoms with E-state index in [1.165, 1.54) is 6.07 Å². The molecule has 0 saturated carbocycles. The zero-order valence-corrected chi connectivity index (χ0v) is 17.9. The van der Waals surface area contributed by atoms with Crippen molar-refractivity contribution in [3.63, 3.8) is 0 Å². The van der Waals surface area contributed by atoms with Gasteiger partial charge in [-0.3, -0.25) is 4.99 Å². The van der Waals surface area contributed by atoms with Crippen LogP contribution in [0.4, 0.5) is 14.5 Å². The Morgan fingerprint density at radius 1 is 1.31 bits per heavy atom. The lowest BCUT2D eigenvalue weighted by Gasteiger charge is -2.38. The summed E-state index contributed by atoms with van der Waals surface area (Å²) in [5.41, 5.74) is -0.368. The highest BCUT2D eigenvalue weighted by molar-refractivity contribution is 14.0. The maximum Gasteiger partial charge on any atom is 0.193 e. The molecule has 2 aliphatic heterocycles. The highest BCUT2D eigenvalue weighted by Crippen LogP contribution is 2.27. The molecule has 0 aliphatic carbocycles. The summed E-state index contributed by atoms with van der Waals surface area (Å²) in [7, 11) is 1.72. The van der Waals surface area contributed by atoms with Crippen LogP contribution < -0.4 is 10.2 Å². The predicted octanol–water partition coefficient (Wildman–Crippen LogP) is 2.15. The Bertz CT molecular complexity index is 635. The minimum Gasteiger partial charge on any atom is -0.387 e. The Morgan fingerprint density at radius 3 is 2.65 bits per heavy atom. The topological polar surface area (TPSA) is 51.1 Å². The van der Waals surface area contributed by atoms with Gasteiger partial charge in [-0.2, -0.15) is 11.8 Å². The van der Waals surface area contributed by atoms with E-state index in [2.05, 4.69) is 15.2 Å². The van der Waals surface area contributed by atoms with Crippen LogP contribution in [0.25, 0.3) is 0 Å². The first-order chi connectivity index (χ1) is 12.0. The summed E-state index contributed by atoms with van der Waals surface area (Å²) in [5.74, 6) is 1.63. The van der Waals surface area contributed by atoms with E-state index in [-0.39, 0.29) is 24.0 Å². The van der Waals surface area contributed by atoms with Gasteiger partial charge in [-0.15, -0.1) is 24.0 Å². The maximum atomic E-state index is 13.9. The van der Waals surface area contributed by atoms with Crippen molar-refractivity contribution in [3.8, 4) is 0 Å². The Kier molecular flexibility index (Phi) is 7.77. The van der Waals surface area contributed by atoms with Crippen LogP contribution in [0.15, 0.2) is 23.2 Å². The zero-order chi connectivity index (χ0) is 17.9. The SMILES string of the molecule is CN=C(NCC1(O)CCSC1)N1CCN(c2cc(F)ccc2F)CC1.I. The number of benzene rings is 1. The van der Waals surface area contributed by atoms with E-state index >= 15 is 0 Å². The molecule has 9 heteroatoms. The molecule has 0 amide bonds. The number of hydrogen-bond acceptors (Lipinski definition) is 4. The van der Waals surface area contributed by atoms with Crippen molar-refractivity contribution >= 4 is 47.4 Å². The molecular formula is C17H25F2IN4OS. The summed E-state index contributed by atoms with van der Waals surface area (Å²) in [5, 5.41) is 13.7. The van der Waals surface area contributed by atoms with Crippen LogP contribution in [-0.4, -0.2) is 72.8 Å². The third kappa shape index (κ3) is 5.13. The molecule has 2 fully saturated rings. The Morgan fingerprint density at radius 2 is 2.04 bits per heavy atom. The van der Waals surface area contributed by atoms with Gasteiger partial charge in [-0.1, -0.05) is 0 Å². The number of nitrogens with zero attached hydrogens (tertiary/aromatic N) is 3. The molecule has 1 aromatic rings. The number of thioether (sulfide) groups is 1. The van der Waals surface area contributed by atoms with E-state index in [0.717, 1.165) is 36.0 Å². The Hall–Kier alpha value is -0.810. The Balaban J connectivity index is 0.00000243. The lowest BCUT2D eigenvalue weighted by molar-refractivity contribution is 0.0716. The minimum absolute atomic E-state index is 0. The second-order valence-corrected chi connectivity index (χ2v) is 7.60. The van der Waals surface area contributed by atoms with Crippen molar-refractivity contribution in [2.24, 2.45) is 4.99 Å². The molecule has 0 spiro atoms. The first-order valence-electron chi connectivity index (χ1n) is 8.46. The number of piperazine rings is 1. The molecule has 5 nitrogen and oxygen atoms in total. The molecule has 2 saturated heterocycles. The number of aliphatic imine (C=N–C) groups is 1. The van der Waals surface area contributed by atoms with Gasteiger partial charge in [-0.25, -0.2) is 8.78 Å². The third-order valence-corrected chi connectivity index (χ3v) is 5.93. The van der Waals surface area contributed by atoms with E-state index in [1.807, 2.05) is 4.90 Å². The summed E-state index contributed by atoms with van der Waals surface area (Å²) in [4.78, 5) is 8.23. The monoisotopic (exact) mass is 498 g/mol. The fraction of sp³-hybridized carbons (Fsp3) is 0.588. The van der Waals surface area contributed by atoms with Crippen molar-refractivity contribution in [2.75, 3.05) is 56.2 Å². The van der Waals surface area contributed by atoms with Crippen LogP contribution in [0, 0.1) is 11.6 Å². The summed E-state index contributed by atoms with van der Waals surface area (Å²) in [6, 6.07) is 3.54. The van der Waals surface area contributed by atoms with E-state index in [4.69, 9.17) is 0 Å². The van der Waals surface area contributed by atoms with Crippen LogP contribution in [0.2, 0.25) is 0 Å². The van der Waals surface area contributed by atoms with Gasteiger partial charge in [0.05, 0.1) is 11.3 Å². The fourth-order valence-electron chi connectivity index (χ4n) is 3.20. The van der Waals surface area contributed by atoms with E-state index < -0.39 is 17.2 Å². The maximum absolute atomic E-state index is 13.9. The van der Waals surface area contributed by atoms with Gasteiger partial charge >= 0.3 is 0 Å². The van der Waals surface area contributed by atoms with E-state index in [9.17, 15) is 13.9 Å². The molecule has 2 N–H and O–H groups in total. The minimum atomic E-state index is -0.673. The molecule has 0 aromatic heterocycles. The van der Waals surface area contributed by atoms with Gasteiger partial charge in [-0.05, 0) is 24.3 Å². The van der Waals surface area contributed by atoms with Gasteiger partial charge in [0, 0.05) is 51.6 Å². The molecule has 2 aliphatic rings. The standard InChI is InChI=1S/C17H24F2N4OS.HI/c1-20-16(21-11-17(24)4-9-25-12-17)23-7-5-22(6-8-23)15-10-13(18)2-3-14(15)19;/h2-3,10,24H,4-9,11-12H2,1H3,(H,20,21);1H. The molecule has 3 rings (SSSR count).